The molecule has 2 aromatic carbocycles. The first-order valence-electron chi connectivity index (χ1n) is 12.5. The number of thioether (sulfide) groups is 1. The molecule has 0 unspecified atom stereocenters. The van der Waals surface area contributed by atoms with Crippen molar-refractivity contribution in [2.75, 3.05) is 33.3 Å². The number of likely N-dealkylation sites (tertiary alicyclic amines) is 1. The first-order chi connectivity index (χ1) is 18.3. The Morgan fingerprint density at radius 3 is 2.42 bits per heavy atom. The normalized spacial score (nSPS) is 15.8. The molecule has 0 bridgehead atoms. The van der Waals surface area contributed by atoms with Crippen LogP contribution in [0.4, 0.5) is 10.1 Å². The van der Waals surface area contributed by atoms with Crippen LogP contribution in [-0.4, -0.2) is 76.4 Å². The molecular weight excluding hydrogens is 509 g/mol. The van der Waals surface area contributed by atoms with Crippen LogP contribution in [0.3, 0.4) is 0 Å². The van der Waals surface area contributed by atoms with Crippen LogP contribution in [0.15, 0.2) is 65.7 Å². The van der Waals surface area contributed by atoms with Crippen molar-refractivity contribution in [1.29, 1.82) is 0 Å². The van der Waals surface area contributed by atoms with Gasteiger partial charge in [-0.1, -0.05) is 42.1 Å². The number of carboxylic acid groups (broad SMARTS) is 2. The molecule has 0 aliphatic carbocycles. The van der Waals surface area contributed by atoms with Crippen LogP contribution >= 0.6 is 11.8 Å². The van der Waals surface area contributed by atoms with Gasteiger partial charge in [0.1, 0.15) is 5.82 Å². The van der Waals surface area contributed by atoms with Crippen LogP contribution in [0, 0.1) is 5.82 Å². The summed E-state index contributed by atoms with van der Waals surface area (Å²) in [6.07, 6.45) is 4.49. The van der Waals surface area contributed by atoms with Gasteiger partial charge in [0, 0.05) is 57.2 Å². The van der Waals surface area contributed by atoms with Gasteiger partial charge in [-0.15, -0.1) is 0 Å². The lowest BCUT2D eigenvalue weighted by Gasteiger charge is -2.38. The predicted octanol–water partition coefficient (Wildman–Crippen LogP) is 4.77. The largest absolute Gasteiger partial charge is 0.478 e. The van der Waals surface area contributed by atoms with Crippen molar-refractivity contribution in [3.05, 3.63) is 77.6 Å². The lowest BCUT2D eigenvalue weighted by Crippen LogP contribution is -2.45. The number of ether oxygens (including phenoxy) is 1. The van der Waals surface area contributed by atoms with Crippen LogP contribution < -0.4 is 0 Å². The molecule has 10 heteroatoms. The van der Waals surface area contributed by atoms with Gasteiger partial charge in [0.05, 0.1) is 12.3 Å². The van der Waals surface area contributed by atoms with Gasteiger partial charge in [-0.05, 0) is 48.6 Å². The van der Waals surface area contributed by atoms with E-state index in [4.69, 9.17) is 19.9 Å². The van der Waals surface area contributed by atoms with E-state index in [1.165, 1.54) is 30.5 Å². The number of carbonyl (C=O) groups is 2. The number of aliphatic imine (C=N–C) groups is 1. The monoisotopic (exact) mass is 543 g/mol. The van der Waals surface area contributed by atoms with Crippen molar-refractivity contribution in [2.24, 2.45) is 4.99 Å². The minimum Gasteiger partial charge on any atom is -0.478 e. The van der Waals surface area contributed by atoms with Crippen LogP contribution in [0.5, 0.6) is 0 Å². The maximum atomic E-state index is 12.9. The second-order valence-electron chi connectivity index (χ2n) is 9.04. The molecule has 0 spiro atoms. The lowest BCUT2D eigenvalue weighted by molar-refractivity contribution is -0.134. The number of hydrogen-bond acceptors (Lipinski definition) is 7. The Hall–Kier alpha value is -3.21. The minimum atomic E-state index is -1.26. The van der Waals surface area contributed by atoms with Crippen molar-refractivity contribution in [3.8, 4) is 0 Å². The Morgan fingerprint density at radius 2 is 1.76 bits per heavy atom. The van der Waals surface area contributed by atoms with Crippen LogP contribution in [0.2, 0.25) is 0 Å². The summed E-state index contributed by atoms with van der Waals surface area (Å²) in [4.78, 5) is 28.9. The molecule has 0 saturated carbocycles. The Kier molecular flexibility index (Phi) is 11.8. The van der Waals surface area contributed by atoms with Crippen molar-refractivity contribution >= 4 is 34.6 Å². The minimum absolute atomic E-state index is 0.202. The molecule has 2 N–H and O–H groups in total. The SMILES string of the molecule is CN(C1=Nc2ccccc2CS1)C1CCN(CCCOCc2ccc(F)cc2)CC1.O=C(O)/C=C/C(=O)O. The standard InChI is InChI=1S/C24H30FN3OS.C4H4O4/c1-27(24-26-23-6-3-2-5-20(23)18-30-24)22-11-14-28(15-12-22)13-4-16-29-17-19-7-9-21(25)10-8-19;5-3(6)1-2-4(7)8/h2-3,5-10,22H,4,11-18H2,1H3;1-2H,(H,5,6)(H,7,8)/b;2-1+. The number of halogens is 1. The van der Waals surface area contributed by atoms with Crippen molar-refractivity contribution in [3.63, 3.8) is 0 Å². The molecule has 1 fully saturated rings. The Labute approximate surface area is 226 Å². The number of amidine groups is 1. The third-order valence-electron chi connectivity index (χ3n) is 6.28. The maximum absolute atomic E-state index is 12.9. The summed E-state index contributed by atoms with van der Waals surface area (Å²) in [6, 6.07) is 15.5. The zero-order chi connectivity index (χ0) is 27.3. The van der Waals surface area contributed by atoms with Crippen LogP contribution in [0.25, 0.3) is 0 Å². The number of nitrogens with zero attached hydrogens (tertiary/aromatic N) is 3. The van der Waals surface area contributed by atoms with E-state index in [1.54, 1.807) is 12.1 Å². The number of aliphatic carboxylic acids is 2. The predicted molar refractivity (Wildman–Crippen MR) is 147 cm³/mol. The topological polar surface area (TPSA) is 103 Å². The number of rotatable bonds is 9. The van der Waals surface area contributed by atoms with Gasteiger partial charge in [0.2, 0.25) is 0 Å². The van der Waals surface area contributed by atoms with Crippen molar-refractivity contribution in [2.45, 2.75) is 37.7 Å². The molecule has 0 aromatic heterocycles. The number of piperidine rings is 1. The van der Waals surface area contributed by atoms with Gasteiger partial charge >= 0.3 is 11.9 Å². The van der Waals surface area contributed by atoms with E-state index in [-0.39, 0.29) is 5.82 Å². The Morgan fingerprint density at radius 1 is 1.11 bits per heavy atom. The maximum Gasteiger partial charge on any atom is 0.328 e. The second kappa shape index (κ2) is 15.3. The van der Waals surface area contributed by atoms with Gasteiger partial charge in [0.25, 0.3) is 0 Å². The molecule has 2 aliphatic rings. The van der Waals surface area contributed by atoms with E-state index in [1.807, 2.05) is 11.8 Å². The molecule has 0 atom stereocenters. The first kappa shape index (κ1) is 29.3. The second-order valence-corrected chi connectivity index (χ2v) is 9.98. The highest BCUT2D eigenvalue weighted by Gasteiger charge is 2.26. The number of hydrogen-bond donors (Lipinski definition) is 2. The fourth-order valence-electron chi connectivity index (χ4n) is 4.19. The number of para-hydroxylation sites is 1. The Balaban J connectivity index is 0.000000436. The molecule has 38 heavy (non-hydrogen) atoms. The van der Waals surface area contributed by atoms with Gasteiger partial charge < -0.3 is 24.7 Å². The summed E-state index contributed by atoms with van der Waals surface area (Å²) in [7, 11) is 2.20. The average Bonchev–Trinajstić information content (AvgIpc) is 2.93. The third kappa shape index (κ3) is 9.92. The van der Waals surface area contributed by atoms with Gasteiger partial charge in [0.15, 0.2) is 5.17 Å². The fraction of sp³-hybridized carbons (Fsp3) is 0.393. The molecule has 0 amide bonds. The lowest BCUT2D eigenvalue weighted by atomic mass is 10.0. The summed E-state index contributed by atoms with van der Waals surface area (Å²) in [5, 5.41) is 16.8. The van der Waals surface area contributed by atoms with Gasteiger partial charge in [-0.3, -0.25) is 0 Å². The van der Waals surface area contributed by atoms with E-state index in [0.717, 1.165) is 54.8 Å². The summed E-state index contributed by atoms with van der Waals surface area (Å²) in [6.45, 7) is 4.62. The highest BCUT2D eigenvalue weighted by Crippen LogP contribution is 2.32. The van der Waals surface area contributed by atoms with E-state index in [0.29, 0.717) is 24.8 Å². The highest BCUT2D eigenvalue weighted by molar-refractivity contribution is 8.13. The molecule has 2 aliphatic heterocycles. The zero-order valence-electron chi connectivity index (χ0n) is 21.5. The summed E-state index contributed by atoms with van der Waals surface area (Å²) in [5.74, 6) is -1.71. The molecule has 2 heterocycles. The first-order valence-corrected chi connectivity index (χ1v) is 13.5. The van der Waals surface area contributed by atoms with Crippen LogP contribution in [0.1, 0.15) is 30.4 Å². The molecule has 1 saturated heterocycles. The summed E-state index contributed by atoms with van der Waals surface area (Å²) in [5.41, 5.74) is 3.47. The van der Waals surface area contributed by atoms with Gasteiger partial charge in [-0.25, -0.2) is 19.0 Å². The van der Waals surface area contributed by atoms with E-state index in [2.05, 4.69) is 41.1 Å². The smallest absolute Gasteiger partial charge is 0.328 e. The number of fused-ring (bicyclic) bond motifs is 1. The quantitative estimate of drug-likeness (QED) is 0.344. The van der Waals surface area contributed by atoms with Crippen molar-refractivity contribution in [1.82, 2.24) is 9.80 Å². The van der Waals surface area contributed by atoms with Crippen LogP contribution in [-0.2, 0) is 26.7 Å². The molecule has 2 aromatic rings. The van der Waals surface area contributed by atoms with E-state index >= 15 is 0 Å². The molecule has 8 nitrogen and oxygen atoms in total. The third-order valence-corrected chi connectivity index (χ3v) is 7.38. The van der Waals surface area contributed by atoms with Crippen molar-refractivity contribution < 1.29 is 28.9 Å². The zero-order valence-corrected chi connectivity index (χ0v) is 22.3. The number of carboxylic acids is 2. The average molecular weight is 544 g/mol. The molecular formula is C28H34FN3O5S. The van der Waals surface area contributed by atoms with Gasteiger partial charge in [-0.2, -0.15) is 0 Å². The summed E-state index contributed by atoms with van der Waals surface area (Å²) < 4.78 is 18.7. The number of benzene rings is 2. The molecule has 0 radical (unpaired) electrons. The van der Waals surface area contributed by atoms with E-state index in [9.17, 15) is 14.0 Å². The Bertz CT molecular complexity index is 1100. The molecule has 4 rings (SSSR count). The highest BCUT2D eigenvalue weighted by atomic mass is 32.2. The fourth-order valence-corrected chi connectivity index (χ4v) is 5.23. The van der Waals surface area contributed by atoms with E-state index < -0.39 is 11.9 Å². The molecule has 204 valence electrons. The summed E-state index contributed by atoms with van der Waals surface area (Å²) >= 11 is 1.85.